The molecule has 0 spiro atoms. The van der Waals surface area contributed by atoms with Crippen LogP contribution in [0, 0.1) is 0 Å². The third-order valence-corrected chi connectivity index (χ3v) is 5.71. The quantitative estimate of drug-likeness (QED) is 0.734. The summed E-state index contributed by atoms with van der Waals surface area (Å²) in [6, 6.07) is 8.83. The lowest BCUT2D eigenvalue weighted by Crippen LogP contribution is -2.58. The number of halogens is 2. The number of ether oxygens (including phenoxy) is 2. The van der Waals surface area contributed by atoms with Crippen LogP contribution in [0.3, 0.4) is 0 Å². The first-order valence-electron chi connectivity index (χ1n) is 8.26. The summed E-state index contributed by atoms with van der Waals surface area (Å²) in [7, 11) is -3.39. The number of hydrogen-bond donors (Lipinski definition) is 1. The van der Waals surface area contributed by atoms with Gasteiger partial charge in [-0.1, -0.05) is 23.2 Å². The van der Waals surface area contributed by atoms with Crippen LogP contribution in [0.4, 0.5) is 0 Å². The number of hydrogen-bond acceptors (Lipinski definition) is 6. The molecule has 0 atom stereocenters. The Labute approximate surface area is 172 Å². The van der Waals surface area contributed by atoms with E-state index >= 15 is 0 Å². The molecule has 1 amide bonds. The topological polar surface area (TPSA) is 98.9 Å². The molecule has 0 radical (unpaired) electrons. The van der Waals surface area contributed by atoms with Crippen molar-refractivity contribution in [2.45, 2.75) is 10.9 Å². The molecule has 28 heavy (non-hydrogen) atoms. The third kappa shape index (κ3) is 4.88. The Morgan fingerprint density at radius 2 is 1.82 bits per heavy atom. The molecule has 1 saturated heterocycles. The second-order valence-corrected chi connectivity index (χ2v) is 9.26. The molecule has 0 aliphatic carbocycles. The van der Waals surface area contributed by atoms with Crippen molar-refractivity contribution in [3.63, 3.8) is 0 Å². The fourth-order valence-corrected chi connectivity index (χ4v) is 3.63. The summed E-state index contributed by atoms with van der Waals surface area (Å²) in [5.41, 5.74) is 5.67. The van der Waals surface area contributed by atoms with Gasteiger partial charge in [-0.15, -0.1) is 0 Å². The van der Waals surface area contributed by atoms with Gasteiger partial charge in [-0.25, -0.2) is 8.42 Å². The maximum atomic E-state index is 12.1. The molecule has 1 heterocycles. The van der Waals surface area contributed by atoms with E-state index in [1.54, 1.807) is 17.0 Å². The summed E-state index contributed by atoms with van der Waals surface area (Å²) < 4.78 is 34.6. The van der Waals surface area contributed by atoms with Crippen LogP contribution in [0.15, 0.2) is 41.3 Å². The monoisotopic (exact) mass is 444 g/mol. The average Bonchev–Trinajstić information content (AvgIpc) is 2.59. The maximum Gasteiger partial charge on any atom is 0.260 e. The lowest BCUT2D eigenvalue weighted by atomic mass is 10.1. The Bertz CT molecular complexity index is 1010. The molecule has 0 unspecified atom stereocenters. The number of nitrogens with zero attached hydrogens (tertiary/aromatic N) is 1. The lowest BCUT2D eigenvalue weighted by molar-refractivity contribution is -0.137. The Morgan fingerprint density at radius 1 is 1.14 bits per heavy atom. The molecule has 1 aliphatic rings. The van der Waals surface area contributed by atoms with E-state index in [2.05, 4.69) is 0 Å². The van der Waals surface area contributed by atoms with E-state index in [1.807, 2.05) is 0 Å². The van der Waals surface area contributed by atoms with Gasteiger partial charge in [0.2, 0.25) is 0 Å². The van der Waals surface area contributed by atoms with Gasteiger partial charge in [0.25, 0.3) is 5.91 Å². The zero-order valence-electron chi connectivity index (χ0n) is 14.9. The molecular weight excluding hydrogens is 427 g/mol. The normalized spacial score (nSPS) is 14.5. The van der Waals surface area contributed by atoms with E-state index in [0.717, 1.165) is 6.26 Å². The highest BCUT2D eigenvalue weighted by Gasteiger charge is 2.27. The van der Waals surface area contributed by atoms with Crippen LogP contribution in [0.1, 0.15) is 0 Å². The van der Waals surface area contributed by atoms with E-state index in [0.29, 0.717) is 23.9 Å². The SMILES string of the molecule is CS(=O)(=O)c1ccc(Oc2cc(Cl)ccc2OCC(=O)N2CC(N)C2)c(Cl)c1. The van der Waals surface area contributed by atoms with Crippen LogP contribution in [0.5, 0.6) is 17.2 Å². The van der Waals surface area contributed by atoms with Gasteiger partial charge >= 0.3 is 0 Å². The van der Waals surface area contributed by atoms with Crippen LogP contribution < -0.4 is 15.2 Å². The number of nitrogens with two attached hydrogens (primary N) is 1. The predicted molar refractivity (Wildman–Crippen MR) is 106 cm³/mol. The number of benzene rings is 2. The van der Waals surface area contributed by atoms with Crippen molar-refractivity contribution in [3.05, 3.63) is 46.4 Å². The van der Waals surface area contributed by atoms with Crippen molar-refractivity contribution in [2.24, 2.45) is 5.73 Å². The third-order valence-electron chi connectivity index (χ3n) is 4.07. The number of carbonyl (C=O) groups excluding carboxylic acids is 1. The first-order valence-corrected chi connectivity index (χ1v) is 10.9. The summed E-state index contributed by atoms with van der Waals surface area (Å²) in [6.07, 6.45) is 1.09. The van der Waals surface area contributed by atoms with E-state index in [-0.39, 0.29) is 40.0 Å². The molecule has 2 N–H and O–H groups in total. The van der Waals surface area contributed by atoms with Crippen LogP contribution >= 0.6 is 23.2 Å². The van der Waals surface area contributed by atoms with Gasteiger partial charge in [-0.05, 0) is 30.3 Å². The fraction of sp³-hybridized carbons (Fsp3) is 0.278. The number of rotatable bonds is 6. The Kier molecular flexibility index (Phi) is 6.04. The number of likely N-dealkylation sites (tertiary alicyclic amines) is 1. The van der Waals surface area contributed by atoms with Gasteiger partial charge in [0.15, 0.2) is 27.9 Å². The highest BCUT2D eigenvalue weighted by molar-refractivity contribution is 7.90. The zero-order chi connectivity index (χ0) is 20.5. The highest BCUT2D eigenvalue weighted by Crippen LogP contribution is 2.37. The minimum atomic E-state index is -3.39. The second-order valence-electron chi connectivity index (χ2n) is 6.40. The zero-order valence-corrected chi connectivity index (χ0v) is 17.2. The summed E-state index contributed by atoms with van der Waals surface area (Å²) in [5, 5.41) is 0.505. The molecule has 2 aromatic rings. The Hall–Kier alpha value is -2.00. The van der Waals surface area contributed by atoms with Crippen molar-refractivity contribution in [3.8, 4) is 17.2 Å². The lowest BCUT2D eigenvalue weighted by Gasteiger charge is -2.36. The van der Waals surface area contributed by atoms with Crippen LogP contribution in [0.25, 0.3) is 0 Å². The van der Waals surface area contributed by atoms with Crippen molar-refractivity contribution in [2.75, 3.05) is 26.0 Å². The van der Waals surface area contributed by atoms with Gasteiger partial charge in [-0.3, -0.25) is 4.79 Å². The van der Waals surface area contributed by atoms with Gasteiger partial charge in [0.1, 0.15) is 5.75 Å². The average molecular weight is 445 g/mol. The molecule has 0 saturated carbocycles. The summed E-state index contributed by atoms with van der Waals surface area (Å²) in [4.78, 5) is 13.7. The van der Waals surface area contributed by atoms with Crippen LogP contribution in [0.2, 0.25) is 10.0 Å². The van der Waals surface area contributed by atoms with E-state index in [9.17, 15) is 13.2 Å². The molecule has 2 aromatic carbocycles. The molecule has 1 aliphatic heterocycles. The summed E-state index contributed by atoms with van der Waals surface area (Å²) in [6.45, 7) is 0.842. The van der Waals surface area contributed by atoms with E-state index in [1.165, 1.54) is 24.3 Å². The largest absolute Gasteiger partial charge is 0.480 e. The molecular formula is C18H18Cl2N2O5S. The molecule has 3 rings (SSSR count). The van der Waals surface area contributed by atoms with Crippen molar-refractivity contribution >= 4 is 38.9 Å². The van der Waals surface area contributed by atoms with Crippen molar-refractivity contribution in [1.82, 2.24) is 4.90 Å². The first kappa shape index (κ1) is 20.7. The van der Waals surface area contributed by atoms with Gasteiger partial charge in [-0.2, -0.15) is 0 Å². The molecule has 10 heteroatoms. The van der Waals surface area contributed by atoms with Gasteiger partial charge < -0.3 is 20.1 Å². The molecule has 150 valence electrons. The summed E-state index contributed by atoms with van der Waals surface area (Å²) in [5.74, 6) is 0.583. The number of sulfone groups is 1. The smallest absolute Gasteiger partial charge is 0.260 e. The number of amides is 1. The maximum absolute atomic E-state index is 12.1. The van der Waals surface area contributed by atoms with Crippen molar-refractivity contribution < 1.29 is 22.7 Å². The minimum absolute atomic E-state index is 0.00965. The molecule has 7 nitrogen and oxygen atoms in total. The van der Waals surface area contributed by atoms with Gasteiger partial charge in [0.05, 0.1) is 9.92 Å². The molecule has 0 bridgehead atoms. The fourth-order valence-electron chi connectivity index (χ4n) is 2.54. The first-order chi connectivity index (χ1) is 13.1. The van der Waals surface area contributed by atoms with E-state index < -0.39 is 9.84 Å². The van der Waals surface area contributed by atoms with Gasteiger partial charge in [0, 0.05) is 36.5 Å². The minimum Gasteiger partial charge on any atom is -0.480 e. The second kappa shape index (κ2) is 8.16. The number of carbonyl (C=O) groups is 1. The van der Waals surface area contributed by atoms with Crippen LogP contribution in [-0.2, 0) is 14.6 Å². The molecule has 0 aromatic heterocycles. The Morgan fingerprint density at radius 3 is 2.43 bits per heavy atom. The van der Waals surface area contributed by atoms with Crippen LogP contribution in [-0.4, -0.2) is 51.2 Å². The highest BCUT2D eigenvalue weighted by atomic mass is 35.5. The van der Waals surface area contributed by atoms with Crippen molar-refractivity contribution in [1.29, 1.82) is 0 Å². The standard InChI is InChI=1S/C18H18Cl2N2O5S/c1-28(24,25)13-3-5-15(14(20)7-13)27-17-6-11(19)2-4-16(17)26-10-18(23)22-8-12(21)9-22/h2-7,12H,8-10,21H2,1H3. The summed E-state index contributed by atoms with van der Waals surface area (Å²) >= 11 is 12.2. The predicted octanol–water partition coefficient (Wildman–Crippen LogP) is 2.74. The molecule has 1 fully saturated rings. The van der Waals surface area contributed by atoms with E-state index in [4.69, 9.17) is 38.4 Å². The Balaban J connectivity index is 1.76.